The largest absolute Gasteiger partial charge is 0.508 e. The molecule has 2 heterocycles. The molecule has 0 bridgehead atoms. The Bertz CT molecular complexity index is 1040. The zero-order valence-electron chi connectivity index (χ0n) is 15.1. The number of hydrogen-bond acceptors (Lipinski definition) is 7. The van der Waals surface area contributed by atoms with Crippen molar-refractivity contribution in [2.75, 3.05) is 18.7 Å². The first-order chi connectivity index (χ1) is 14.0. The van der Waals surface area contributed by atoms with Crippen molar-refractivity contribution in [1.29, 1.82) is 0 Å². The summed E-state index contributed by atoms with van der Waals surface area (Å²) in [6, 6.07) is 11.7. The smallest absolute Gasteiger partial charge is 0.266 e. The van der Waals surface area contributed by atoms with Gasteiger partial charge in [0, 0.05) is 30.3 Å². The summed E-state index contributed by atoms with van der Waals surface area (Å²) in [5, 5.41) is 12.1. The zero-order chi connectivity index (χ0) is 20.4. The van der Waals surface area contributed by atoms with Crippen LogP contribution in [0.2, 0.25) is 0 Å². The number of hydrogen-bond donors (Lipinski definition) is 2. The van der Waals surface area contributed by atoms with Crippen molar-refractivity contribution in [3.63, 3.8) is 0 Å². The van der Waals surface area contributed by atoms with Gasteiger partial charge in [-0.25, -0.2) is 0 Å². The van der Waals surface area contributed by atoms with Crippen LogP contribution in [0.3, 0.4) is 0 Å². The second kappa shape index (κ2) is 8.14. The minimum atomic E-state index is -0.278. The molecule has 1 fully saturated rings. The maximum absolute atomic E-state index is 12.7. The minimum Gasteiger partial charge on any atom is -0.508 e. The number of nitrogens with zero attached hydrogens (tertiary/aromatic N) is 1. The number of nitrogens with one attached hydrogen (secondary N) is 1. The number of anilines is 1. The highest BCUT2D eigenvalue weighted by atomic mass is 32.2. The molecule has 148 valence electrons. The SMILES string of the molecule is O=C(CCN1C(=O)C(=Cc2cccc3c2OCO3)SC1=S)Nc1cccc(O)c1. The second-order valence-electron chi connectivity index (χ2n) is 6.26. The van der Waals surface area contributed by atoms with Crippen LogP contribution < -0.4 is 14.8 Å². The van der Waals surface area contributed by atoms with Crippen molar-refractivity contribution in [1.82, 2.24) is 4.90 Å². The zero-order valence-corrected chi connectivity index (χ0v) is 16.7. The van der Waals surface area contributed by atoms with E-state index < -0.39 is 0 Å². The summed E-state index contributed by atoms with van der Waals surface area (Å²) in [5.74, 6) is 0.773. The third-order valence-electron chi connectivity index (χ3n) is 4.28. The van der Waals surface area contributed by atoms with E-state index in [4.69, 9.17) is 21.7 Å². The van der Waals surface area contributed by atoms with Crippen molar-refractivity contribution in [3.05, 3.63) is 52.9 Å². The van der Waals surface area contributed by atoms with Gasteiger partial charge in [0.2, 0.25) is 12.7 Å². The number of carbonyl (C=O) groups excluding carboxylic acids is 2. The van der Waals surface area contributed by atoms with Crippen LogP contribution in [0.4, 0.5) is 5.69 Å². The summed E-state index contributed by atoms with van der Waals surface area (Å²) in [6.45, 7) is 0.314. The van der Waals surface area contributed by atoms with Crippen LogP contribution in [0.5, 0.6) is 17.2 Å². The summed E-state index contributed by atoms with van der Waals surface area (Å²) in [7, 11) is 0. The van der Waals surface area contributed by atoms with E-state index >= 15 is 0 Å². The number of thioether (sulfide) groups is 1. The Hall–Kier alpha value is -3.04. The fourth-order valence-electron chi connectivity index (χ4n) is 2.92. The molecular formula is C20H16N2O5S2. The Morgan fingerprint density at radius 2 is 2.10 bits per heavy atom. The Morgan fingerprint density at radius 3 is 2.93 bits per heavy atom. The van der Waals surface area contributed by atoms with Gasteiger partial charge in [-0.1, -0.05) is 42.2 Å². The van der Waals surface area contributed by atoms with Crippen LogP contribution >= 0.6 is 24.0 Å². The number of fused-ring (bicyclic) bond motifs is 1. The Morgan fingerprint density at radius 1 is 1.28 bits per heavy atom. The molecule has 1 saturated heterocycles. The molecule has 2 aromatic carbocycles. The van der Waals surface area contributed by atoms with Gasteiger partial charge < -0.3 is 19.9 Å². The number of carbonyl (C=O) groups is 2. The van der Waals surface area contributed by atoms with E-state index in [0.29, 0.717) is 26.4 Å². The quantitative estimate of drug-likeness (QED) is 0.558. The number of phenols is 1. The fraction of sp³-hybridized carbons (Fsp3) is 0.150. The number of aromatic hydroxyl groups is 1. The lowest BCUT2D eigenvalue weighted by Gasteiger charge is -2.14. The first-order valence-electron chi connectivity index (χ1n) is 8.74. The van der Waals surface area contributed by atoms with E-state index in [1.807, 2.05) is 12.1 Å². The van der Waals surface area contributed by atoms with Crippen LogP contribution in [0.15, 0.2) is 47.4 Å². The number of amides is 2. The second-order valence-corrected chi connectivity index (χ2v) is 7.94. The lowest BCUT2D eigenvalue weighted by atomic mass is 10.1. The molecule has 0 unspecified atom stereocenters. The molecule has 2 aromatic rings. The summed E-state index contributed by atoms with van der Waals surface area (Å²) < 4.78 is 11.2. The van der Waals surface area contributed by atoms with Crippen LogP contribution in [0.1, 0.15) is 12.0 Å². The molecule has 7 nitrogen and oxygen atoms in total. The topological polar surface area (TPSA) is 88.1 Å². The number of thiocarbonyl (C=S) groups is 1. The first-order valence-corrected chi connectivity index (χ1v) is 9.96. The lowest BCUT2D eigenvalue weighted by Crippen LogP contribution is -2.31. The van der Waals surface area contributed by atoms with E-state index in [1.54, 1.807) is 24.3 Å². The molecule has 4 rings (SSSR count). The predicted octanol–water partition coefficient (Wildman–Crippen LogP) is 3.35. The summed E-state index contributed by atoms with van der Waals surface area (Å²) >= 11 is 6.50. The van der Waals surface area contributed by atoms with E-state index in [2.05, 4.69) is 5.32 Å². The molecule has 2 amide bonds. The normalized spacial score (nSPS) is 16.6. The Labute approximate surface area is 176 Å². The van der Waals surface area contributed by atoms with Crippen molar-refractivity contribution >= 4 is 51.9 Å². The monoisotopic (exact) mass is 428 g/mol. The number of rotatable bonds is 5. The predicted molar refractivity (Wildman–Crippen MR) is 114 cm³/mol. The highest BCUT2D eigenvalue weighted by Crippen LogP contribution is 2.39. The van der Waals surface area contributed by atoms with Gasteiger partial charge in [-0.05, 0) is 24.3 Å². The van der Waals surface area contributed by atoms with Gasteiger partial charge in [0.25, 0.3) is 5.91 Å². The number of phenolic OH excluding ortho intramolecular Hbond substituents is 1. The molecule has 0 atom stereocenters. The Kier molecular flexibility index (Phi) is 5.41. The van der Waals surface area contributed by atoms with E-state index in [0.717, 1.165) is 5.56 Å². The highest BCUT2D eigenvalue weighted by molar-refractivity contribution is 8.26. The maximum atomic E-state index is 12.7. The third-order valence-corrected chi connectivity index (χ3v) is 5.66. The molecule has 0 aromatic heterocycles. The molecular weight excluding hydrogens is 412 g/mol. The lowest BCUT2D eigenvalue weighted by molar-refractivity contribution is -0.122. The molecule has 0 saturated carbocycles. The third kappa shape index (κ3) is 4.20. The van der Waals surface area contributed by atoms with Crippen molar-refractivity contribution in [2.24, 2.45) is 0 Å². The molecule has 2 aliphatic rings. The minimum absolute atomic E-state index is 0.0617. The highest BCUT2D eigenvalue weighted by Gasteiger charge is 2.32. The van der Waals surface area contributed by atoms with Gasteiger partial charge in [0.05, 0.1) is 4.91 Å². The van der Waals surface area contributed by atoms with Gasteiger partial charge >= 0.3 is 0 Å². The summed E-state index contributed by atoms with van der Waals surface area (Å²) in [4.78, 5) is 26.8. The van der Waals surface area contributed by atoms with Gasteiger partial charge in [0.1, 0.15) is 10.1 Å². The average molecular weight is 428 g/mol. The molecule has 0 radical (unpaired) electrons. The first kappa shape index (κ1) is 19.3. The molecule has 2 aliphatic heterocycles. The van der Waals surface area contributed by atoms with E-state index in [-0.39, 0.29) is 37.3 Å². The number of benzene rings is 2. The van der Waals surface area contributed by atoms with Crippen molar-refractivity contribution in [3.8, 4) is 17.2 Å². The van der Waals surface area contributed by atoms with Gasteiger partial charge in [-0.2, -0.15) is 0 Å². The molecule has 0 spiro atoms. The number of ether oxygens (including phenoxy) is 2. The van der Waals surface area contributed by atoms with Crippen molar-refractivity contribution < 1.29 is 24.2 Å². The maximum Gasteiger partial charge on any atom is 0.266 e. The van der Waals surface area contributed by atoms with Gasteiger partial charge in [-0.15, -0.1) is 0 Å². The van der Waals surface area contributed by atoms with Crippen LogP contribution in [-0.4, -0.2) is 39.5 Å². The summed E-state index contributed by atoms with van der Waals surface area (Å²) in [5.41, 5.74) is 1.22. The average Bonchev–Trinajstić information content (AvgIpc) is 3.26. The number of para-hydroxylation sites is 1. The molecule has 2 N–H and O–H groups in total. The van der Waals surface area contributed by atoms with Crippen LogP contribution in [-0.2, 0) is 9.59 Å². The van der Waals surface area contributed by atoms with Crippen LogP contribution in [0.25, 0.3) is 6.08 Å². The van der Waals surface area contributed by atoms with E-state index in [1.165, 1.54) is 28.8 Å². The summed E-state index contributed by atoms with van der Waals surface area (Å²) in [6.07, 6.45) is 1.80. The fourth-order valence-corrected chi connectivity index (χ4v) is 4.22. The van der Waals surface area contributed by atoms with Gasteiger partial charge in [-0.3, -0.25) is 14.5 Å². The van der Waals surface area contributed by atoms with E-state index in [9.17, 15) is 14.7 Å². The molecule has 29 heavy (non-hydrogen) atoms. The van der Waals surface area contributed by atoms with Crippen LogP contribution in [0, 0.1) is 0 Å². The standard InChI is InChI=1S/C20H16N2O5S2/c23-14-5-2-4-13(10-14)21-17(24)7-8-22-19(25)16(29-20(22)28)9-12-3-1-6-15-18(12)27-11-26-15/h1-6,9-10,23H,7-8,11H2,(H,21,24). The Balaban J connectivity index is 1.41. The van der Waals surface area contributed by atoms with Gasteiger partial charge in [0.15, 0.2) is 11.5 Å². The van der Waals surface area contributed by atoms with Crippen molar-refractivity contribution in [2.45, 2.75) is 6.42 Å². The molecule has 9 heteroatoms. The molecule has 0 aliphatic carbocycles.